The van der Waals surface area contributed by atoms with Gasteiger partial charge in [-0.05, 0) is 30.3 Å². The zero-order valence-electron chi connectivity index (χ0n) is 10.7. The Morgan fingerprint density at radius 3 is 2.23 bits per heavy atom. The van der Waals surface area contributed by atoms with Crippen LogP contribution in [0.1, 0.15) is 5.56 Å². The average Bonchev–Trinajstić information content (AvgIpc) is 2.90. The lowest BCUT2D eigenvalue weighted by molar-refractivity contribution is -0.289. The first-order valence-corrected chi connectivity index (χ1v) is 6.05. The Labute approximate surface area is 120 Å². The Balaban J connectivity index is 2.08. The molecule has 2 aromatic heterocycles. The van der Waals surface area contributed by atoms with Crippen molar-refractivity contribution < 1.29 is 26.4 Å². The van der Waals surface area contributed by atoms with Crippen LogP contribution in [-0.4, -0.2) is 16.1 Å². The fraction of sp³-hybridized carbons (Fsp3) is 0.143. The van der Waals surface area contributed by atoms with E-state index in [0.717, 1.165) is 6.07 Å². The molecule has 0 spiro atoms. The second kappa shape index (κ2) is 4.75. The highest BCUT2D eigenvalue weighted by Gasteiger charge is 2.58. The molecule has 0 amide bonds. The van der Waals surface area contributed by atoms with Gasteiger partial charge in [0.05, 0.1) is 0 Å². The van der Waals surface area contributed by atoms with E-state index in [1.165, 1.54) is 12.4 Å². The molecule has 3 nitrogen and oxygen atoms in total. The van der Waals surface area contributed by atoms with Crippen molar-refractivity contribution in [2.75, 3.05) is 0 Å². The Kier molecular flexibility index (Phi) is 3.12. The van der Waals surface area contributed by atoms with Gasteiger partial charge in [-0.15, -0.1) is 0 Å². The van der Waals surface area contributed by atoms with E-state index < -0.39 is 17.7 Å². The molecule has 0 unspecified atom stereocenters. The molecular weight excluding hydrogens is 307 g/mol. The Morgan fingerprint density at radius 2 is 1.59 bits per heavy atom. The summed E-state index contributed by atoms with van der Waals surface area (Å²) in [4.78, 5) is 7.75. The molecule has 0 bridgehead atoms. The summed E-state index contributed by atoms with van der Waals surface area (Å²) >= 11 is 0. The minimum absolute atomic E-state index is 0.0757. The zero-order valence-corrected chi connectivity index (χ0v) is 10.7. The molecule has 0 atom stereocenters. The fourth-order valence-electron chi connectivity index (χ4n) is 1.90. The molecule has 0 aliphatic carbocycles. The van der Waals surface area contributed by atoms with Gasteiger partial charge in [0.1, 0.15) is 5.52 Å². The van der Waals surface area contributed by atoms with E-state index in [2.05, 4.69) is 9.97 Å². The zero-order chi connectivity index (χ0) is 16.0. The molecule has 2 heterocycles. The molecule has 0 N–H and O–H groups in total. The van der Waals surface area contributed by atoms with Crippen molar-refractivity contribution in [3.8, 4) is 11.5 Å². The van der Waals surface area contributed by atoms with Crippen LogP contribution in [0, 0.1) is 0 Å². The smallest absolute Gasteiger partial charge is 0.436 e. The van der Waals surface area contributed by atoms with Crippen molar-refractivity contribution in [2.24, 2.45) is 0 Å². The molecule has 22 heavy (non-hydrogen) atoms. The number of alkyl halides is 5. The molecule has 3 rings (SSSR count). The first-order chi connectivity index (χ1) is 10.3. The Morgan fingerprint density at radius 1 is 0.909 bits per heavy atom. The molecule has 114 valence electrons. The second-order valence-corrected chi connectivity index (χ2v) is 4.51. The number of hydrogen-bond donors (Lipinski definition) is 0. The summed E-state index contributed by atoms with van der Waals surface area (Å²) < 4.78 is 69.2. The number of rotatable bonds is 2. The summed E-state index contributed by atoms with van der Waals surface area (Å²) in [6.45, 7) is 0. The molecule has 0 aliphatic heterocycles. The second-order valence-electron chi connectivity index (χ2n) is 4.51. The van der Waals surface area contributed by atoms with Gasteiger partial charge in [-0.1, -0.05) is 0 Å². The number of aromatic nitrogens is 2. The van der Waals surface area contributed by atoms with Crippen LogP contribution in [0.15, 0.2) is 47.1 Å². The summed E-state index contributed by atoms with van der Waals surface area (Å²) in [6.07, 6.45) is -2.71. The number of pyridine rings is 1. The Hall–Kier alpha value is -2.51. The number of hydrogen-bond acceptors (Lipinski definition) is 3. The first-order valence-electron chi connectivity index (χ1n) is 6.05. The van der Waals surface area contributed by atoms with Crippen LogP contribution in [0.25, 0.3) is 22.6 Å². The maximum Gasteiger partial charge on any atom is 0.458 e. The third-order valence-electron chi connectivity index (χ3n) is 3.03. The highest BCUT2D eigenvalue weighted by Crippen LogP contribution is 2.44. The van der Waals surface area contributed by atoms with Crippen molar-refractivity contribution in [3.63, 3.8) is 0 Å². The first kappa shape index (κ1) is 14.4. The van der Waals surface area contributed by atoms with E-state index in [-0.39, 0.29) is 17.0 Å². The maximum absolute atomic E-state index is 13.3. The monoisotopic (exact) mass is 314 g/mol. The van der Waals surface area contributed by atoms with Gasteiger partial charge in [0.25, 0.3) is 0 Å². The third kappa shape index (κ3) is 2.30. The standard InChI is InChI=1S/C14H7F5N2O/c15-13(16,14(17,18)19)9-1-2-11-10(7-9)21-12(22-11)8-3-5-20-6-4-8/h1-7H. The summed E-state index contributed by atoms with van der Waals surface area (Å²) in [5.41, 5.74) is -0.598. The number of benzene rings is 1. The van der Waals surface area contributed by atoms with E-state index in [4.69, 9.17) is 4.42 Å². The lowest BCUT2D eigenvalue weighted by Crippen LogP contribution is -2.33. The molecular formula is C14H7F5N2O. The summed E-state index contributed by atoms with van der Waals surface area (Å²) in [7, 11) is 0. The van der Waals surface area contributed by atoms with Gasteiger partial charge in [-0.3, -0.25) is 4.98 Å². The van der Waals surface area contributed by atoms with Crippen LogP contribution >= 0.6 is 0 Å². The minimum Gasteiger partial charge on any atom is -0.436 e. The fourth-order valence-corrected chi connectivity index (χ4v) is 1.90. The molecule has 0 fully saturated rings. The Bertz CT molecular complexity index is 811. The van der Waals surface area contributed by atoms with Crippen molar-refractivity contribution in [1.82, 2.24) is 9.97 Å². The van der Waals surface area contributed by atoms with Crippen molar-refractivity contribution in [1.29, 1.82) is 0 Å². The van der Waals surface area contributed by atoms with E-state index in [1.807, 2.05) is 0 Å². The van der Waals surface area contributed by atoms with Crippen LogP contribution in [0.4, 0.5) is 22.0 Å². The number of fused-ring (bicyclic) bond motifs is 1. The van der Waals surface area contributed by atoms with E-state index >= 15 is 0 Å². The van der Waals surface area contributed by atoms with Gasteiger partial charge >= 0.3 is 12.1 Å². The van der Waals surface area contributed by atoms with Crippen LogP contribution in [-0.2, 0) is 5.92 Å². The van der Waals surface area contributed by atoms with Gasteiger partial charge in [0.2, 0.25) is 5.89 Å². The van der Waals surface area contributed by atoms with E-state index in [1.54, 1.807) is 12.1 Å². The van der Waals surface area contributed by atoms with Gasteiger partial charge < -0.3 is 4.42 Å². The minimum atomic E-state index is -5.67. The summed E-state index contributed by atoms with van der Waals surface area (Å²) in [5.74, 6) is -4.83. The van der Waals surface area contributed by atoms with Crippen molar-refractivity contribution in [2.45, 2.75) is 12.1 Å². The molecule has 0 radical (unpaired) electrons. The average molecular weight is 314 g/mol. The van der Waals surface area contributed by atoms with E-state index in [0.29, 0.717) is 17.7 Å². The third-order valence-corrected chi connectivity index (χ3v) is 3.03. The predicted octanol–water partition coefficient (Wildman–Crippen LogP) is 4.54. The van der Waals surface area contributed by atoms with Crippen LogP contribution in [0.3, 0.4) is 0 Å². The molecule has 8 heteroatoms. The largest absolute Gasteiger partial charge is 0.458 e. The van der Waals surface area contributed by atoms with Gasteiger partial charge in [-0.2, -0.15) is 22.0 Å². The normalized spacial score (nSPS) is 12.8. The topological polar surface area (TPSA) is 38.9 Å². The van der Waals surface area contributed by atoms with Gasteiger partial charge in [0, 0.05) is 23.5 Å². The van der Waals surface area contributed by atoms with Crippen LogP contribution < -0.4 is 0 Å². The highest BCUT2D eigenvalue weighted by molar-refractivity contribution is 5.77. The number of oxazole rings is 1. The van der Waals surface area contributed by atoms with Gasteiger partial charge in [0.15, 0.2) is 5.58 Å². The summed E-state index contributed by atoms with van der Waals surface area (Å²) in [5, 5.41) is 0. The SMILES string of the molecule is FC(F)(F)C(F)(F)c1ccc2oc(-c3ccncc3)nc2c1. The maximum atomic E-state index is 13.3. The lowest BCUT2D eigenvalue weighted by Gasteiger charge is -2.19. The molecule has 3 aromatic rings. The number of nitrogens with zero attached hydrogens (tertiary/aromatic N) is 2. The summed E-state index contributed by atoms with van der Waals surface area (Å²) in [6, 6.07) is 5.56. The van der Waals surface area contributed by atoms with Crippen molar-refractivity contribution >= 4 is 11.1 Å². The lowest BCUT2D eigenvalue weighted by atomic mass is 10.1. The van der Waals surface area contributed by atoms with Crippen LogP contribution in [0.5, 0.6) is 0 Å². The molecule has 0 saturated carbocycles. The number of halogens is 5. The highest BCUT2D eigenvalue weighted by atomic mass is 19.4. The molecule has 0 saturated heterocycles. The van der Waals surface area contributed by atoms with E-state index in [9.17, 15) is 22.0 Å². The quantitative estimate of drug-likeness (QED) is 0.652. The van der Waals surface area contributed by atoms with Crippen molar-refractivity contribution in [3.05, 3.63) is 48.3 Å². The predicted molar refractivity (Wildman–Crippen MR) is 67.2 cm³/mol. The van der Waals surface area contributed by atoms with Crippen LogP contribution in [0.2, 0.25) is 0 Å². The van der Waals surface area contributed by atoms with Gasteiger partial charge in [-0.25, -0.2) is 4.98 Å². The molecule has 1 aromatic carbocycles. The molecule has 0 aliphatic rings.